The zero-order chi connectivity index (χ0) is 17.2. The van der Waals surface area contributed by atoms with Crippen LogP contribution >= 0.6 is 0 Å². The summed E-state index contributed by atoms with van der Waals surface area (Å²) >= 11 is 0. The molecular weight excluding hydrogens is 316 g/mol. The number of rotatable bonds is 0. The standard InChI is InChI=1S/C19H20N4O2/c1-25-19(24)23-12-10-14-13-22(17-7-3-2-6-16(14)17)11-4-5-15-8-9-18(23)21-20-15/h2-3,6-9,13H,4-5,10-12H2,1H3. The van der Waals surface area contributed by atoms with Gasteiger partial charge in [-0.15, -0.1) is 5.10 Å². The van der Waals surface area contributed by atoms with E-state index in [1.54, 1.807) is 4.90 Å². The summed E-state index contributed by atoms with van der Waals surface area (Å²) in [6.45, 7) is 1.43. The number of aryl methyl sites for hydroxylation is 2. The van der Waals surface area contributed by atoms with Crippen molar-refractivity contribution in [1.29, 1.82) is 0 Å². The number of benzene rings is 1. The lowest BCUT2D eigenvalue weighted by Crippen LogP contribution is -2.33. The maximum Gasteiger partial charge on any atom is 0.415 e. The van der Waals surface area contributed by atoms with E-state index in [2.05, 4.69) is 45.2 Å². The summed E-state index contributed by atoms with van der Waals surface area (Å²) in [7, 11) is 1.39. The van der Waals surface area contributed by atoms with Gasteiger partial charge in [-0.25, -0.2) is 4.79 Å². The van der Waals surface area contributed by atoms with Gasteiger partial charge in [-0.05, 0) is 43.0 Å². The Kier molecular flexibility index (Phi) is 4.09. The SMILES string of the molecule is COC(=O)N1CCc2cn(c3ccccc23)CCCc2ccc1nn2. The average molecular weight is 336 g/mol. The van der Waals surface area contributed by atoms with Crippen LogP contribution in [0.4, 0.5) is 10.6 Å². The molecule has 3 aromatic rings. The number of ether oxygens (including phenoxy) is 1. The molecule has 1 amide bonds. The Morgan fingerprint density at radius 1 is 1.08 bits per heavy atom. The molecule has 0 atom stereocenters. The van der Waals surface area contributed by atoms with Crippen molar-refractivity contribution in [2.45, 2.75) is 25.8 Å². The minimum atomic E-state index is -0.416. The minimum Gasteiger partial charge on any atom is -0.452 e. The fourth-order valence-electron chi connectivity index (χ4n) is 3.41. The zero-order valence-corrected chi connectivity index (χ0v) is 14.2. The fourth-order valence-corrected chi connectivity index (χ4v) is 3.41. The van der Waals surface area contributed by atoms with Crippen molar-refractivity contribution < 1.29 is 9.53 Å². The molecule has 4 bridgehead atoms. The Labute approximate surface area is 146 Å². The third-order valence-electron chi connectivity index (χ3n) is 4.69. The molecular formula is C19H20N4O2. The first kappa shape index (κ1) is 15.6. The zero-order valence-electron chi connectivity index (χ0n) is 14.2. The fraction of sp³-hybridized carbons (Fsp3) is 0.316. The van der Waals surface area contributed by atoms with E-state index >= 15 is 0 Å². The van der Waals surface area contributed by atoms with Crippen LogP contribution in [0.25, 0.3) is 10.9 Å². The van der Waals surface area contributed by atoms with Gasteiger partial charge in [-0.1, -0.05) is 18.2 Å². The molecule has 0 radical (unpaired) electrons. The maximum atomic E-state index is 12.2. The van der Waals surface area contributed by atoms with Gasteiger partial charge in [0.05, 0.1) is 12.8 Å². The molecule has 0 saturated carbocycles. The van der Waals surface area contributed by atoms with Crippen molar-refractivity contribution in [1.82, 2.24) is 14.8 Å². The lowest BCUT2D eigenvalue weighted by Gasteiger charge is -2.19. The van der Waals surface area contributed by atoms with Crippen LogP contribution in [0.1, 0.15) is 17.7 Å². The second kappa shape index (κ2) is 6.55. The molecule has 4 heterocycles. The number of amides is 1. The van der Waals surface area contributed by atoms with Gasteiger partial charge < -0.3 is 9.30 Å². The lowest BCUT2D eigenvalue weighted by molar-refractivity contribution is 0.178. The Balaban J connectivity index is 1.76. The Bertz CT molecular complexity index is 901. The summed E-state index contributed by atoms with van der Waals surface area (Å²) in [5, 5.41) is 9.73. The molecule has 0 spiro atoms. The maximum absolute atomic E-state index is 12.2. The molecule has 1 aromatic carbocycles. The van der Waals surface area contributed by atoms with Crippen molar-refractivity contribution in [3.63, 3.8) is 0 Å². The molecule has 0 saturated heterocycles. The number of carbonyl (C=O) groups is 1. The van der Waals surface area contributed by atoms with Crippen molar-refractivity contribution >= 4 is 22.8 Å². The molecule has 0 fully saturated rings. The van der Waals surface area contributed by atoms with Crippen molar-refractivity contribution in [3.8, 4) is 0 Å². The number of methoxy groups -OCH3 is 1. The third-order valence-corrected chi connectivity index (χ3v) is 4.69. The lowest BCUT2D eigenvalue weighted by atomic mass is 10.1. The molecule has 0 aliphatic carbocycles. The van der Waals surface area contributed by atoms with E-state index in [9.17, 15) is 4.79 Å². The van der Waals surface area contributed by atoms with Crippen LogP contribution in [0.2, 0.25) is 0 Å². The normalized spacial score (nSPS) is 14.7. The van der Waals surface area contributed by atoms with Gasteiger partial charge in [0.1, 0.15) is 0 Å². The number of anilines is 1. The van der Waals surface area contributed by atoms with Gasteiger partial charge in [-0.2, -0.15) is 5.10 Å². The first-order valence-electron chi connectivity index (χ1n) is 8.51. The molecule has 2 aromatic heterocycles. The molecule has 6 heteroatoms. The number of carbonyl (C=O) groups excluding carboxylic acids is 1. The Morgan fingerprint density at radius 3 is 2.76 bits per heavy atom. The first-order chi connectivity index (χ1) is 12.3. The number of nitrogens with zero attached hydrogens (tertiary/aromatic N) is 4. The molecule has 128 valence electrons. The largest absolute Gasteiger partial charge is 0.452 e. The molecule has 0 N–H and O–H groups in total. The summed E-state index contributed by atoms with van der Waals surface area (Å²) < 4.78 is 7.23. The number of aromatic nitrogens is 3. The number of hydrogen-bond acceptors (Lipinski definition) is 4. The van der Waals surface area contributed by atoms with Crippen LogP contribution in [0.15, 0.2) is 42.6 Å². The van der Waals surface area contributed by atoms with Crippen molar-refractivity contribution in [2.75, 3.05) is 18.6 Å². The van der Waals surface area contributed by atoms with Gasteiger partial charge in [0.15, 0.2) is 5.82 Å². The molecule has 2 aliphatic heterocycles. The summed E-state index contributed by atoms with van der Waals surface area (Å²) in [4.78, 5) is 13.7. The van der Waals surface area contributed by atoms with E-state index in [1.165, 1.54) is 23.6 Å². The van der Waals surface area contributed by atoms with Crippen LogP contribution in [0, 0.1) is 0 Å². The molecule has 6 nitrogen and oxygen atoms in total. The van der Waals surface area contributed by atoms with E-state index in [0.717, 1.165) is 31.5 Å². The molecule has 0 unspecified atom stereocenters. The van der Waals surface area contributed by atoms with Gasteiger partial charge in [0.2, 0.25) is 0 Å². The number of hydrogen-bond donors (Lipinski definition) is 0. The molecule has 2 aliphatic rings. The highest BCUT2D eigenvalue weighted by molar-refractivity contribution is 5.87. The average Bonchev–Trinajstić information content (AvgIpc) is 3.01. The minimum absolute atomic E-state index is 0.416. The van der Waals surface area contributed by atoms with Crippen LogP contribution in [-0.2, 0) is 24.1 Å². The molecule has 5 rings (SSSR count). The highest BCUT2D eigenvalue weighted by Crippen LogP contribution is 2.24. The third kappa shape index (κ3) is 2.95. The summed E-state index contributed by atoms with van der Waals surface area (Å²) in [6, 6.07) is 12.2. The number of fused-ring (bicyclic) bond motifs is 7. The quantitative estimate of drug-likeness (QED) is 0.632. The van der Waals surface area contributed by atoms with Crippen LogP contribution in [-0.4, -0.2) is 34.5 Å². The highest BCUT2D eigenvalue weighted by Gasteiger charge is 2.19. The summed E-state index contributed by atoms with van der Waals surface area (Å²) in [5.74, 6) is 0.526. The van der Waals surface area contributed by atoms with Gasteiger partial charge in [-0.3, -0.25) is 4.90 Å². The van der Waals surface area contributed by atoms with Gasteiger partial charge in [0.25, 0.3) is 0 Å². The van der Waals surface area contributed by atoms with Crippen molar-refractivity contribution in [2.24, 2.45) is 0 Å². The van der Waals surface area contributed by atoms with Crippen LogP contribution < -0.4 is 4.90 Å². The van der Waals surface area contributed by atoms with Crippen LogP contribution in [0.3, 0.4) is 0 Å². The highest BCUT2D eigenvalue weighted by atomic mass is 16.5. The Morgan fingerprint density at radius 2 is 1.96 bits per heavy atom. The summed E-state index contributed by atoms with van der Waals surface area (Å²) in [5.41, 5.74) is 3.40. The van der Waals surface area contributed by atoms with Crippen LogP contribution in [0.5, 0.6) is 0 Å². The topological polar surface area (TPSA) is 60.2 Å². The summed E-state index contributed by atoms with van der Waals surface area (Å²) in [6.07, 6.45) is 4.36. The van der Waals surface area contributed by atoms with Gasteiger partial charge >= 0.3 is 6.09 Å². The van der Waals surface area contributed by atoms with Crippen molar-refractivity contribution in [3.05, 3.63) is 53.9 Å². The monoisotopic (exact) mass is 336 g/mol. The first-order valence-corrected chi connectivity index (χ1v) is 8.51. The Hall–Kier alpha value is -2.89. The van der Waals surface area contributed by atoms with E-state index in [-0.39, 0.29) is 0 Å². The van der Waals surface area contributed by atoms with Gasteiger partial charge in [0, 0.05) is 30.2 Å². The van der Waals surface area contributed by atoms with E-state index in [4.69, 9.17) is 4.74 Å². The predicted octanol–water partition coefficient (Wildman–Crippen LogP) is 3.19. The second-order valence-electron chi connectivity index (χ2n) is 6.22. The van der Waals surface area contributed by atoms with E-state index < -0.39 is 6.09 Å². The second-order valence-corrected chi connectivity index (χ2v) is 6.22. The predicted molar refractivity (Wildman–Crippen MR) is 95.7 cm³/mol. The molecule has 25 heavy (non-hydrogen) atoms. The smallest absolute Gasteiger partial charge is 0.415 e. The van der Waals surface area contributed by atoms with E-state index in [1.807, 2.05) is 12.1 Å². The van der Waals surface area contributed by atoms with E-state index in [0.29, 0.717) is 12.4 Å². The number of para-hydroxylation sites is 1.